The number of carbonyl (C=O) groups excluding carboxylic acids is 1. The summed E-state index contributed by atoms with van der Waals surface area (Å²) in [6.07, 6.45) is 2.44. The van der Waals surface area contributed by atoms with Crippen molar-refractivity contribution in [2.45, 2.75) is 43.8 Å². The van der Waals surface area contributed by atoms with Crippen molar-refractivity contribution in [1.82, 2.24) is 10.3 Å². The van der Waals surface area contributed by atoms with Crippen LogP contribution in [-0.2, 0) is 9.53 Å². The van der Waals surface area contributed by atoms with E-state index in [2.05, 4.69) is 26.2 Å². The zero-order valence-electron chi connectivity index (χ0n) is 12.3. The Kier molecular flexibility index (Phi) is 6.99. The normalized spacial score (nSPS) is 14.1. The SMILES string of the molecule is COC(=O)C(C)(CCSc1ncccc1Br)NC(C)C. The average Bonchev–Trinajstić information content (AvgIpc) is 2.39. The molecule has 4 nitrogen and oxygen atoms in total. The molecule has 1 atom stereocenters. The van der Waals surface area contributed by atoms with Crippen LogP contribution in [0.25, 0.3) is 0 Å². The molecule has 0 fully saturated rings. The fourth-order valence-electron chi connectivity index (χ4n) is 1.92. The van der Waals surface area contributed by atoms with Crippen molar-refractivity contribution in [1.29, 1.82) is 0 Å². The molecular weight excluding hydrogens is 340 g/mol. The van der Waals surface area contributed by atoms with E-state index in [1.807, 2.05) is 32.9 Å². The third-order valence-corrected chi connectivity index (χ3v) is 4.72. The predicted molar refractivity (Wildman–Crippen MR) is 86.0 cm³/mol. The molecule has 0 bridgehead atoms. The molecule has 0 saturated heterocycles. The predicted octanol–water partition coefficient (Wildman–Crippen LogP) is 3.26. The van der Waals surface area contributed by atoms with Crippen molar-refractivity contribution in [3.8, 4) is 0 Å². The van der Waals surface area contributed by atoms with Crippen molar-refractivity contribution in [2.24, 2.45) is 0 Å². The van der Waals surface area contributed by atoms with Crippen molar-refractivity contribution in [3.05, 3.63) is 22.8 Å². The quantitative estimate of drug-likeness (QED) is 0.597. The number of aromatic nitrogens is 1. The van der Waals surface area contributed by atoms with Gasteiger partial charge in [-0.2, -0.15) is 0 Å². The summed E-state index contributed by atoms with van der Waals surface area (Å²) in [6.45, 7) is 5.92. The number of thioether (sulfide) groups is 1. The maximum absolute atomic E-state index is 12.0. The summed E-state index contributed by atoms with van der Waals surface area (Å²) in [5.74, 6) is 0.549. The number of methoxy groups -OCH3 is 1. The standard InChI is InChI=1S/C14H21BrN2O2S/c1-10(2)17-14(3,13(18)19-4)7-9-20-12-11(15)6-5-8-16-12/h5-6,8,10,17H,7,9H2,1-4H3. The van der Waals surface area contributed by atoms with Gasteiger partial charge in [-0.05, 0) is 55.3 Å². The second-order valence-electron chi connectivity index (χ2n) is 5.01. The van der Waals surface area contributed by atoms with Crippen LogP contribution in [0, 0.1) is 0 Å². The molecule has 0 aliphatic heterocycles. The van der Waals surface area contributed by atoms with E-state index in [-0.39, 0.29) is 12.0 Å². The third kappa shape index (κ3) is 5.07. The van der Waals surface area contributed by atoms with Crippen LogP contribution in [0.2, 0.25) is 0 Å². The molecule has 0 aromatic carbocycles. The van der Waals surface area contributed by atoms with Crippen molar-refractivity contribution in [3.63, 3.8) is 0 Å². The molecule has 0 radical (unpaired) electrons. The highest BCUT2D eigenvalue weighted by atomic mass is 79.9. The first kappa shape index (κ1) is 17.5. The number of pyridine rings is 1. The number of rotatable bonds is 7. The minimum absolute atomic E-state index is 0.214. The van der Waals surface area contributed by atoms with Crippen LogP contribution in [0.3, 0.4) is 0 Å². The summed E-state index contributed by atoms with van der Waals surface area (Å²) in [5.41, 5.74) is -0.669. The molecule has 1 aromatic heterocycles. The molecule has 1 N–H and O–H groups in total. The molecule has 1 heterocycles. The number of esters is 1. The summed E-state index contributed by atoms with van der Waals surface area (Å²) in [7, 11) is 1.42. The summed E-state index contributed by atoms with van der Waals surface area (Å²) < 4.78 is 5.88. The van der Waals surface area contributed by atoms with Gasteiger partial charge in [0.15, 0.2) is 0 Å². The van der Waals surface area contributed by atoms with Gasteiger partial charge >= 0.3 is 5.97 Å². The molecule has 0 amide bonds. The highest BCUT2D eigenvalue weighted by Crippen LogP contribution is 2.27. The van der Waals surface area contributed by atoms with Gasteiger partial charge in [0.1, 0.15) is 10.6 Å². The number of ether oxygens (including phenoxy) is 1. The fourth-order valence-corrected chi connectivity index (χ4v) is 3.57. The minimum atomic E-state index is -0.669. The van der Waals surface area contributed by atoms with Gasteiger partial charge in [0.25, 0.3) is 0 Å². The van der Waals surface area contributed by atoms with E-state index in [4.69, 9.17) is 4.74 Å². The Morgan fingerprint density at radius 1 is 1.60 bits per heavy atom. The first-order chi connectivity index (χ1) is 9.39. The molecule has 20 heavy (non-hydrogen) atoms. The van der Waals surface area contributed by atoms with Crippen molar-refractivity contribution >= 4 is 33.7 Å². The van der Waals surface area contributed by atoms with Gasteiger partial charge in [0, 0.05) is 22.5 Å². The lowest BCUT2D eigenvalue weighted by Crippen LogP contribution is -2.53. The minimum Gasteiger partial charge on any atom is -0.468 e. The van der Waals surface area contributed by atoms with Crippen LogP contribution in [-0.4, -0.2) is 35.4 Å². The number of nitrogens with one attached hydrogen (secondary N) is 1. The van der Waals surface area contributed by atoms with Crippen LogP contribution >= 0.6 is 27.7 Å². The molecule has 0 spiro atoms. The average molecular weight is 361 g/mol. The van der Waals surface area contributed by atoms with Crippen LogP contribution < -0.4 is 5.32 Å². The first-order valence-corrected chi connectivity index (χ1v) is 8.26. The molecule has 1 unspecified atom stereocenters. The molecular formula is C14H21BrN2O2S. The summed E-state index contributed by atoms with van der Waals surface area (Å²) >= 11 is 5.09. The van der Waals surface area contributed by atoms with E-state index in [0.29, 0.717) is 6.42 Å². The number of hydrogen-bond acceptors (Lipinski definition) is 5. The van der Waals surface area contributed by atoms with Gasteiger partial charge in [0.05, 0.1) is 7.11 Å². The number of carbonyl (C=O) groups is 1. The molecule has 6 heteroatoms. The van der Waals surface area contributed by atoms with Gasteiger partial charge in [-0.1, -0.05) is 0 Å². The Morgan fingerprint density at radius 2 is 2.30 bits per heavy atom. The van der Waals surface area contributed by atoms with Gasteiger partial charge in [-0.3, -0.25) is 10.1 Å². The van der Waals surface area contributed by atoms with E-state index >= 15 is 0 Å². The number of hydrogen-bond donors (Lipinski definition) is 1. The van der Waals surface area contributed by atoms with Crippen LogP contribution in [0.5, 0.6) is 0 Å². The number of halogens is 1. The molecule has 0 saturated carbocycles. The lowest BCUT2D eigenvalue weighted by atomic mass is 9.98. The molecule has 0 aliphatic rings. The molecule has 1 rings (SSSR count). The Morgan fingerprint density at radius 3 is 2.85 bits per heavy atom. The Labute approximate surface area is 133 Å². The molecule has 1 aromatic rings. The van der Waals surface area contributed by atoms with Gasteiger partial charge in [-0.25, -0.2) is 4.98 Å². The highest BCUT2D eigenvalue weighted by Gasteiger charge is 2.34. The Hall–Kier alpha value is -0.590. The van der Waals surface area contributed by atoms with E-state index in [1.165, 1.54) is 7.11 Å². The molecule has 0 aliphatic carbocycles. The smallest absolute Gasteiger partial charge is 0.325 e. The van der Waals surface area contributed by atoms with Crippen LogP contribution in [0.4, 0.5) is 0 Å². The monoisotopic (exact) mass is 360 g/mol. The second-order valence-corrected chi connectivity index (χ2v) is 6.95. The lowest BCUT2D eigenvalue weighted by molar-refractivity contribution is -0.148. The van der Waals surface area contributed by atoms with Crippen LogP contribution in [0.1, 0.15) is 27.2 Å². The van der Waals surface area contributed by atoms with E-state index in [1.54, 1.807) is 18.0 Å². The fraction of sp³-hybridized carbons (Fsp3) is 0.571. The first-order valence-electron chi connectivity index (χ1n) is 6.48. The summed E-state index contributed by atoms with van der Waals surface area (Å²) in [4.78, 5) is 16.3. The zero-order valence-corrected chi connectivity index (χ0v) is 14.7. The third-order valence-electron chi connectivity index (χ3n) is 2.81. The Bertz CT molecular complexity index is 457. The zero-order chi connectivity index (χ0) is 15.2. The topological polar surface area (TPSA) is 51.2 Å². The maximum atomic E-state index is 12.0. The van der Waals surface area contributed by atoms with Gasteiger partial charge < -0.3 is 4.74 Å². The van der Waals surface area contributed by atoms with E-state index in [9.17, 15) is 4.79 Å². The maximum Gasteiger partial charge on any atom is 0.325 e. The summed E-state index contributed by atoms with van der Waals surface area (Å²) in [6, 6.07) is 4.06. The largest absolute Gasteiger partial charge is 0.468 e. The highest BCUT2D eigenvalue weighted by molar-refractivity contribution is 9.10. The van der Waals surface area contributed by atoms with Crippen molar-refractivity contribution in [2.75, 3.05) is 12.9 Å². The Balaban J connectivity index is 2.63. The van der Waals surface area contributed by atoms with E-state index in [0.717, 1.165) is 15.3 Å². The lowest BCUT2D eigenvalue weighted by Gasteiger charge is -2.30. The summed E-state index contributed by atoms with van der Waals surface area (Å²) in [5, 5.41) is 4.22. The van der Waals surface area contributed by atoms with E-state index < -0.39 is 5.54 Å². The van der Waals surface area contributed by atoms with Gasteiger partial charge in [0.2, 0.25) is 0 Å². The van der Waals surface area contributed by atoms with Crippen LogP contribution in [0.15, 0.2) is 27.8 Å². The number of nitrogens with zero attached hydrogens (tertiary/aromatic N) is 1. The van der Waals surface area contributed by atoms with Gasteiger partial charge in [-0.15, -0.1) is 11.8 Å². The second kappa shape index (κ2) is 8.00. The molecule has 112 valence electrons. The van der Waals surface area contributed by atoms with Crippen molar-refractivity contribution < 1.29 is 9.53 Å².